The zero-order chi connectivity index (χ0) is 21.8. The predicted molar refractivity (Wildman–Crippen MR) is 118 cm³/mol. The molecule has 154 valence electrons. The van der Waals surface area contributed by atoms with Gasteiger partial charge in [0.15, 0.2) is 5.78 Å². The van der Waals surface area contributed by atoms with Crippen LogP contribution in [-0.2, 0) is 4.79 Å². The molecule has 1 amide bonds. The van der Waals surface area contributed by atoms with Crippen LogP contribution in [0.3, 0.4) is 0 Å². The molecule has 30 heavy (non-hydrogen) atoms. The molecule has 1 aromatic heterocycles. The van der Waals surface area contributed by atoms with Gasteiger partial charge in [0.1, 0.15) is 6.04 Å². The maximum Gasteiger partial charge on any atom is 0.267 e. The summed E-state index contributed by atoms with van der Waals surface area (Å²) in [5.41, 5.74) is 4.62. The number of carbonyl (C=O) groups is 2. The van der Waals surface area contributed by atoms with E-state index in [0.717, 1.165) is 11.1 Å². The van der Waals surface area contributed by atoms with Gasteiger partial charge < -0.3 is 5.32 Å². The predicted octanol–water partition coefficient (Wildman–Crippen LogP) is 4.32. The fraction of sp³-hybridized carbons (Fsp3) is 0.250. The summed E-state index contributed by atoms with van der Waals surface area (Å²) in [5.74, 6) is -0.377. The molecule has 3 rings (SSSR count). The summed E-state index contributed by atoms with van der Waals surface area (Å²) >= 11 is 0. The van der Waals surface area contributed by atoms with E-state index in [4.69, 9.17) is 0 Å². The quantitative estimate of drug-likeness (QED) is 0.622. The Morgan fingerprint density at radius 3 is 2.30 bits per heavy atom. The number of nitrogens with one attached hydrogen (secondary N) is 1. The van der Waals surface area contributed by atoms with Crippen LogP contribution in [0.5, 0.6) is 0 Å². The second-order valence-corrected chi connectivity index (χ2v) is 7.35. The molecule has 0 aliphatic heterocycles. The molecular weight excluding hydrogens is 378 g/mol. The first-order valence-electron chi connectivity index (χ1n) is 9.89. The van der Waals surface area contributed by atoms with Crippen LogP contribution in [0.1, 0.15) is 47.8 Å². The van der Waals surface area contributed by atoms with E-state index < -0.39 is 6.04 Å². The van der Waals surface area contributed by atoms with Crippen molar-refractivity contribution in [1.82, 2.24) is 9.78 Å². The molecule has 3 aromatic rings. The van der Waals surface area contributed by atoms with Crippen LogP contribution < -0.4 is 10.9 Å². The van der Waals surface area contributed by atoms with Gasteiger partial charge in [0.25, 0.3) is 5.56 Å². The summed E-state index contributed by atoms with van der Waals surface area (Å²) in [6.45, 7) is 7.38. The smallest absolute Gasteiger partial charge is 0.267 e. The fourth-order valence-corrected chi connectivity index (χ4v) is 3.19. The molecule has 1 N–H and O–H groups in total. The summed E-state index contributed by atoms with van der Waals surface area (Å²) in [5, 5.41) is 7.29. The molecule has 6 nitrogen and oxygen atoms in total. The maximum atomic E-state index is 12.9. The Bertz CT molecular complexity index is 1150. The number of aromatic nitrogens is 2. The highest BCUT2D eigenvalue weighted by Gasteiger charge is 2.21. The minimum atomic E-state index is -0.753. The van der Waals surface area contributed by atoms with Gasteiger partial charge in [0.05, 0.1) is 5.69 Å². The molecule has 0 saturated heterocycles. The number of rotatable bonds is 6. The van der Waals surface area contributed by atoms with E-state index in [1.54, 1.807) is 30.3 Å². The van der Waals surface area contributed by atoms with Gasteiger partial charge in [-0.3, -0.25) is 14.4 Å². The number of benzene rings is 2. The monoisotopic (exact) mass is 403 g/mol. The molecule has 0 radical (unpaired) electrons. The Labute approximate surface area is 175 Å². The molecule has 0 fully saturated rings. The molecule has 0 aliphatic rings. The lowest BCUT2D eigenvalue weighted by molar-refractivity contribution is -0.119. The lowest BCUT2D eigenvalue weighted by atomic mass is 10.0. The van der Waals surface area contributed by atoms with Crippen molar-refractivity contribution in [2.75, 3.05) is 5.32 Å². The third-order valence-corrected chi connectivity index (χ3v) is 5.17. The van der Waals surface area contributed by atoms with Gasteiger partial charge in [0, 0.05) is 22.9 Å². The SMILES string of the molecule is CC[C@@H](C(=O)Nc1ccc(C(C)=O)cc1)n1nc(-c2ccc(C)c(C)c2)ccc1=O. The van der Waals surface area contributed by atoms with Gasteiger partial charge in [-0.05, 0) is 74.7 Å². The fourth-order valence-electron chi connectivity index (χ4n) is 3.19. The van der Waals surface area contributed by atoms with Crippen molar-refractivity contribution in [2.45, 2.75) is 40.2 Å². The Morgan fingerprint density at radius 1 is 1.00 bits per heavy atom. The van der Waals surface area contributed by atoms with Gasteiger partial charge in [0.2, 0.25) is 5.91 Å². The lowest BCUT2D eigenvalue weighted by Gasteiger charge is -2.18. The van der Waals surface area contributed by atoms with Crippen LogP contribution in [0.25, 0.3) is 11.3 Å². The molecule has 0 saturated carbocycles. The Morgan fingerprint density at radius 2 is 1.70 bits per heavy atom. The Kier molecular flexibility index (Phi) is 6.26. The summed E-state index contributed by atoms with van der Waals surface area (Å²) in [7, 11) is 0. The number of carbonyl (C=O) groups excluding carboxylic acids is 2. The molecule has 0 bridgehead atoms. The van der Waals surface area contributed by atoms with Gasteiger partial charge >= 0.3 is 0 Å². The number of amides is 1. The van der Waals surface area contributed by atoms with E-state index in [9.17, 15) is 14.4 Å². The highest BCUT2D eigenvalue weighted by atomic mass is 16.2. The average Bonchev–Trinajstić information content (AvgIpc) is 2.72. The van der Waals surface area contributed by atoms with Crippen LogP contribution >= 0.6 is 0 Å². The van der Waals surface area contributed by atoms with E-state index >= 15 is 0 Å². The summed E-state index contributed by atoms with van der Waals surface area (Å²) in [6.07, 6.45) is 0.403. The molecule has 0 aliphatic carbocycles. The molecule has 0 unspecified atom stereocenters. The van der Waals surface area contributed by atoms with Gasteiger partial charge in [-0.2, -0.15) is 5.10 Å². The third-order valence-electron chi connectivity index (χ3n) is 5.17. The summed E-state index contributed by atoms with van der Waals surface area (Å²) in [6, 6.07) is 15.0. The van der Waals surface area contributed by atoms with Crippen molar-refractivity contribution < 1.29 is 9.59 Å². The van der Waals surface area contributed by atoms with Crippen molar-refractivity contribution >= 4 is 17.4 Å². The molecule has 6 heteroatoms. The minimum absolute atomic E-state index is 0.0433. The van der Waals surface area contributed by atoms with Crippen molar-refractivity contribution in [3.63, 3.8) is 0 Å². The van der Waals surface area contributed by atoms with Crippen LogP contribution in [0.4, 0.5) is 5.69 Å². The van der Waals surface area contributed by atoms with E-state index in [1.807, 2.05) is 39.0 Å². The van der Waals surface area contributed by atoms with Crippen molar-refractivity contribution in [1.29, 1.82) is 0 Å². The summed E-state index contributed by atoms with van der Waals surface area (Å²) in [4.78, 5) is 36.8. The molecule has 1 atom stereocenters. The van der Waals surface area contributed by atoms with Crippen LogP contribution in [0, 0.1) is 13.8 Å². The zero-order valence-electron chi connectivity index (χ0n) is 17.6. The molecule has 0 spiro atoms. The number of ketones is 1. The second-order valence-electron chi connectivity index (χ2n) is 7.35. The lowest BCUT2D eigenvalue weighted by Crippen LogP contribution is -2.34. The summed E-state index contributed by atoms with van der Waals surface area (Å²) < 4.78 is 1.24. The molecular formula is C24H25N3O3. The number of hydrogen-bond acceptors (Lipinski definition) is 4. The highest BCUT2D eigenvalue weighted by Crippen LogP contribution is 2.21. The Balaban J connectivity index is 1.89. The number of hydrogen-bond donors (Lipinski definition) is 1. The first-order valence-corrected chi connectivity index (χ1v) is 9.89. The minimum Gasteiger partial charge on any atom is -0.324 e. The van der Waals surface area contributed by atoms with Gasteiger partial charge in [-0.25, -0.2) is 4.68 Å². The normalized spacial score (nSPS) is 11.7. The van der Waals surface area contributed by atoms with E-state index in [1.165, 1.54) is 23.2 Å². The number of aryl methyl sites for hydroxylation is 2. The van der Waals surface area contributed by atoms with E-state index in [2.05, 4.69) is 10.4 Å². The van der Waals surface area contributed by atoms with Crippen LogP contribution in [0.15, 0.2) is 59.4 Å². The van der Waals surface area contributed by atoms with Crippen molar-refractivity contribution in [2.24, 2.45) is 0 Å². The molecule has 2 aromatic carbocycles. The average molecular weight is 403 g/mol. The van der Waals surface area contributed by atoms with E-state index in [-0.39, 0.29) is 17.2 Å². The van der Waals surface area contributed by atoms with Crippen LogP contribution in [-0.4, -0.2) is 21.5 Å². The highest BCUT2D eigenvalue weighted by molar-refractivity contribution is 5.96. The van der Waals surface area contributed by atoms with Crippen molar-refractivity contribution in [3.8, 4) is 11.3 Å². The van der Waals surface area contributed by atoms with Crippen molar-refractivity contribution in [3.05, 3.63) is 81.6 Å². The van der Waals surface area contributed by atoms with Gasteiger partial charge in [-0.1, -0.05) is 19.1 Å². The second kappa shape index (κ2) is 8.86. The standard InChI is InChI=1S/C24H25N3O3/c1-5-22(24(30)25-20-10-8-18(9-11-20)17(4)28)27-23(29)13-12-21(26-27)19-7-6-15(2)16(3)14-19/h6-14,22H,5H2,1-4H3,(H,25,30)/t22-/m0/s1. The maximum absolute atomic E-state index is 12.9. The van der Waals surface area contributed by atoms with Crippen LogP contribution in [0.2, 0.25) is 0 Å². The van der Waals surface area contributed by atoms with Gasteiger partial charge in [-0.15, -0.1) is 0 Å². The molecule has 1 heterocycles. The first-order chi connectivity index (χ1) is 14.3. The topological polar surface area (TPSA) is 81.1 Å². The first kappa shape index (κ1) is 21.2. The number of nitrogens with zero attached hydrogens (tertiary/aromatic N) is 2. The van der Waals surface area contributed by atoms with E-state index in [0.29, 0.717) is 23.4 Å². The largest absolute Gasteiger partial charge is 0.324 e. The number of Topliss-reactive ketones (excluding diaryl/α,β-unsaturated/α-hetero) is 1. The number of anilines is 1. The third kappa shape index (κ3) is 4.54. The Hall–Kier alpha value is -3.54. The zero-order valence-corrected chi connectivity index (χ0v) is 17.6.